The summed E-state index contributed by atoms with van der Waals surface area (Å²) in [6.45, 7) is 0.387. The predicted molar refractivity (Wildman–Crippen MR) is 73.6 cm³/mol. The number of carboxylic acid groups (broad SMARTS) is 1. The van der Waals surface area contributed by atoms with E-state index >= 15 is 0 Å². The molecule has 3 aromatic heterocycles. The highest BCUT2D eigenvalue weighted by atomic mass is 16.4. The van der Waals surface area contributed by atoms with E-state index in [9.17, 15) is 9.90 Å². The number of carboxylic acids is 1. The van der Waals surface area contributed by atoms with Crippen molar-refractivity contribution in [2.45, 2.75) is 6.54 Å². The van der Waals surface area contributed by atoms with Gasteiger partial charge in [0.1, 0.15) is 5.69 Å². The van der Waals surface area contributed by atoms with Crippen molar-refractivity contribution in [3.05, 3.63) is 60.3 Å². The number of rotatable bonds is 4. The predicted octanol–water partition coefficient (Wildman–Crippen LogP) is 1.48. The van der Waals surface area contributed by atoms with Crippen LogP contribution in [0.2, 0.25) is 0 Å². The Hall–Kier alpha value is -3.09. The molecule has 0 unspecified atom stereocenters. The molecule has 0 atom stereocenters. The lowest BCUT2D eigenvalue weighted by Crippen LogP contribution is -2.06. The van der Waals surface area contributed by atoms with Gasteiger partial charge < -0.3 is 5.11 Å². The third-order valence-electron chi connectivity index (χ3n) is 2.93. The van der Waals surface area contributed by atoms with E-state index in [1.165, 1.54) is 4.68 Å². The van der Waals surface area contributed by atoms with E-state index in [2.05, 4.69) is 20.3 Å². The minimum absolute atomic E-state index is 0.0908. The summed E-state index contributed by atoms with van der Waals surface area (Å²) in [6, 6.07) is 7.22. The molecular formula is C14H11N5O2. The van der Waals surface area contributed by atoms with Crippen LogP contribution in [0.3, 0.4) is 0 Å². The first-order valence-corrected chi connectivity index (χ1v) is 6.22. The lowest BCUT2D eigenvalue weighted by Gasteiger charge is -2.06. The van der Waals surface area contributed by atoms with Gasteiger partial charge in [-0.3, -0.25) is 9.97 Å². The van der Waals surface area contributed by atoms with Crippen molar-refractivity contribution >= 4 is 5.97 Å². The Bertz CT molecular complexity index is 756. The van der Waals surface area contributed by atoms with Crippen molar-refractivity contribution in [2.75, 3.05) is 0 Å². The van der Waals surface area contributed by atoms with Gasteiger partial charge in [-0.15, -0.1) is 5.10 Å². The number of nitrogens with zero attached hydrogens (tertiary/aromatic N) is 5. The largest absolute Gasteiger partial charge is 0.476 e. The molecule has 1 N–H and O–H groups in total. The third kappa shape index (κ3) is 2.62. The van der Waals surface area contributed by atoms with Gasteiger partial charge in [0.2, 0.25) is 0 Å². The maximum absolute atomic E-state index is 11.3. The summed E-state index contributed by atoms with van der Waals surface area (Å²) in [5.41, 5.74) is 1.90. The van der Waals surface area contributed by atoms with Crippen LogP contribution in [-0.4, -0.2) is 36.0 Å². The zero-order valence-electron chi connectivity index (χ0n) is 10.9. The van der Waals surface area contributed by atoms with Gasteiger partial charge in [-0.2, -0.15) is 0 Å². The molecule has 7 heteroatoms. The van der Waals surface area contributed by atoms with Crippen molar-refractivity contribution in [2.24, 2.45) is 0 Å². The maximum Gasteiger partial charge on any atom is 0.358 e. The van der Waals surface area contributed by atoms with Crippen LogP contribution < -0.4 is 0 Å². The Kier molecular flexibility index (Phi) is 3.38. The molecule has 0 aromatic carbocycles. The van der Waals surface area contributed by atoms with Crippen molar-refractivity contribution < 1.29 is 9.90 Å². The number of aromatic carboxylic acids is 1. The van der Waals surface area contributed by atoms with Crippen LogP contribution in [0.1, 0.15) is 16.1 Å². The highest BCUT2D eigenvalue weighted by Crippen LogP contribution is 2.22. The summed E-state index contributed by atoms with van der Waals surface area (Å²) < 4.78 is 1.54. The molecule has 3 heterocycles. The van der Waals surface area contributed by atoms with E-state index in [1.54, 1.807) is 36.9 Å². The average molecular weight is 281 g/mol. The van der Waals surface area contributed by atoms with Gasteiger partial charge in [-0.1, -0.05) is 11.3 Å². The van der Waals surface area contributed by atoms with Gasteiger partial charge in [0.25, 0.3) is 0 Å². The number of hydrogen-bond donors (Lipinski definition) is 1. The number of pyridine rings is 2. The first kappa shape index (κ1) is 12.9. The Labute approximate surface area is 119 Å². The highest BCUT2D eigenvalue weighted by molar-refractivity contribution is 5.92. The molecule has 0 aliphatic rings. The maximum atomic E-state index is 11.3. The monoisotopic (exact) mass is 281 g/mol. The summed E-state index contributed by atoms with van der Waals surface area (Å²) >= 11 is 0. The lowest BCUT2D eigenvalue weighted by molar-refractivity contribution is 0.0691. The number of carbonyl (C=O) groups is 1. The Morgan fingerprint density at radius 2 is 1.90 bits per heavy atom. The summed E-state index contributed by atoms with van der Waals surface area (Å²) in [6.07, 6.45) is 6.59. The second-order valence-electron chi connectivity index (χ2n) is 4.35. The molecule has 0 aliphatic heterocycles. The topological polar surface area (TPSA) is 93.8 Å². The molecule has 0 amide bonds. The average Bonchev–Trinajstić information content (AvgIpc) is 2.93. The second-order valence-corrected chi connectivity index (χ2v) is 4.35. The Morgan fingerprint density at radius 3 is 2.52 bits per heavy atom. The van der Waals surface area contributed by atoms with Crippen molar-refractivity contribution in [3.63, 3.8) is 0 Å². The molecule has 21 heavy (non-hydrogen) atoms. The molecule has 0 radical (unpaired) electrons. The minimum atomic E-state index is -1.12. The van der Waals surface area contributed by atoms with E-state index in [0.717, 1.165) is 5.56 Å². The molecule has 3 rings (SSSR count). The fourth-order valence-corrected chi connectivity index (χ4v) is 2.02. The van der Waals surface area contributed by atoms with Crippen LogP contribution in [0.5, 0.6) is 0 Å². The van der Waals surface area contributed by atoms with Crippen LogP contribution in [0.25, 0.3) is 11.3 Å². The minimum Gasteiger partial charge on any atom is -0.476 e. The van der Waals surface area contributed by atoms with Crippen molar-refractivity contribution in [1.29, 1.82) is 0 Å². The van der Waals surface area contributed by atoms with Gasteiger partial charge in [0, 0.05) is 30.4 Å². The van der Waals surface area contributed by atoms with Gasteiger partial charge in [-0.05, 0) is 23.8 Å². The quantitative estimate of drug-likeness (QED) is 0.778. The molecular weight excluding hydrogens is 270 g/mol. The molecule has 0 fully saturated rings. The van der Waals surface area contributed by atoms with E-state index in [4.69, 9.17) is 0 Å². The van der Waals surface area contributed by atoms with Crippen molar-refractivity contribution in [1.82, 2.24) is 25.0 Å². The normalized spacial score (nSPS) is 10.5. The molecule has 0 saturated heterocycles. The SMILES string of the molecule is O=C(O)c1nnn(Cc2cccnc2)c1-c1cccnc1. The second kappa shape index (κ2) is 5.49. The zero-order chi connectivity index (χ0) is 14.7. The van der Waals surface area contributed by atoms with E-state index in [-0.39, 0.29) is 5.69 Å². The summed E-state index contributed by atoms with van der Waals surface area (Å²) in [5, 5.41) is 17.0. The van der Waals surface area contributed by atoms with E-state index in [0.29, 0.717) is 17.8 Å². The molecule has 0 saturated carbocycles. The van der Waals surface area contributed by atoms with Crippen LogP contribution in [-0.2, 0) is 6.54 Å². The smallest absolute Gasteiger partial charge is 0.358 e. The fourth-order valence-electron chi connectivity index (χ4n) is 2.02. The summed E-state index contributed by atoms with van der Waals surface area (Å²) in [4.78, 5) is 19.4. The van der Waals surface area contributed by atoms with Crippen molar-refractivity contribution in [3.8, 4) is 11.3 Å². The van der Waals surface area contributed by atoms with Crippen LogP contribution in [0.4, 0.5) is 0 Å². The first-order valence-electron chi connectivity index (χ1n) is 6.22. The Balaban J connectivity index is 2.07. The van der Waals surface area contributed by atoms with Gasteiger partial charge in [0.05, 0.1) is 6.54 Å². The van der Waals surface area contributed by atoms with Gasteiger partial charge in [-0.25, -0.2) is 9.48 Å². The van der Waals surface area contributed by atoms with Crippen LogP contribution in [0, 0.1) is 0 Å². The summed E-state index contributed by atoms with van der Waals surface area (Å²) in [5.74, 6) is -1.12. The third-order valence-corrected chi connectivity index (χ3v) is 2.93. The summed E-state index contributed by atoms with van der Waals surface area (Å²) in [7, 11) is 0. The zero-order valence-corrected chi connectivity index (χ0v) is 10.9. The van der Waals surface area contributed by atoms with E-state index < -0.39 is 5.97 Å². The Morgan fingerprint density at radius 1 is 1.14 bits per heavy atom. The van der Waals surface area contributed by atoms with E-state index in [1.807, 2.05) is 12.1 Å². The molecule has 0 spiro atoms. The van der Waals surface area contributed by atoms with Crippen LogP contribution >= 0.6 is 0 Å². The lowest BCUT2D eigenvalue weighted by atomic mass is 10.1. The number of hydrogen-bond acceptors (Lipinski definition) is 5. The van der Waals surface area contributed by atoms with Crippen LogP contribution in [0.15, 0.2) is 49.1 Å². The van der Waals surface area contributed by atoms with Gasteiger partial charge >= 0.3 is 5.97 Å². The molecule has 104 valence electrons. The molecule has 0 aliphatic carbocycles. The van der Waals surface area contributed by atoms with Gasteiger partial charge in [0.15, 0.2) is 5.69 Å². The first-order chi connectivity index (χ1) is 10.3. The molecule has 7 nitrogen and oxygen atoms in total. The molecule has 0 bridgehead atoms. The fraction of sp³-hybridized carbons (Fsp3) is 0.0714. The standard InChI is InChI=1S/C14H11N5O2/c20-14(21)12-13(11-4-2-6-16-8-11)19(18-17-12)9-10-3-1-5-15-7-10/h1-8H,9H2,(H,20,21). The number of aromatic nitrogens is 5. The highest BCUT2D eigenvalue weighted by Gasteiger charge is 2.20. The molecule has 3 aromatic rings.